The number of rotatable bonds is 7. The molecule has 2 aromatic carbocycles. The van der Waals surface area contributed by atoms with Crippen LogP contribution in [0.4, 0.5) is 4.39 Å². The molecule has 0 spiro atoms. The molecular formula is C22H24Cl2FN3O2. The van der Waals surface area contributed by atoms with Crippen LogP contribution in [0, 0.1) is 5.82 Å². The molecule has 30 heavy (non-hydrogen) atoms. The largest absolute Gasteiger partial charge is 0.457 e. The monoisotopic (exact) mass is 451 g/mol. The van der Waals surface area contributed by atoms with E-state index in [2.05, 4.69) is 4.98 Å². The minimum atomic E-state index is -0.589. The number of nitrogens with zero attached hydrogens (tertiary/aromatic N) is 2. The van der Waals surface area contributed by atoms with E-state index in [1.165, 1.54) is 23.1 Å². The maximum absolute atomic E-state index is 14.3. The van der Waals surface area contributed by atoms with Gasteiger partial charge in [-0.05, 0) is 60.5 Å². The van der Waals surface area contributed by atoms with Crippen LogP contribution in [-0.2, 0) is 13.0 Å². The summed E-state index contributed by atoms with van der Waals surface area (Å²) in [6.45, 7) is 0.913. The lowest BCUT2D eigenvalue weighted by molar-refractivity contribution is 0.0780. The molecule has 2 N–H and O–H groups in total. The Morgan fingerprint density at radius 2 is 1.77 bits per heavy atom. The van der Waals surface area contributed by atoms with Crippen molar-refractivity contribution >= 4 is 30.7 Å². The Balaban J connectivity index is 0.00000225. The Morgan fingerprint density at radius 3 is 2.40 bits per heavy atom. The molecule has 0 aliphatic heterocycles. The highest BCUT2D eigenvalue weighted by molar-refractivity contribution is 5.94. The maximum Gasteiger partial charge on any atom is 0.257 e. The van der Waals surface area contributed by atoms with E-state index in [0.717, 1.165) is 17.5 Å². The van der Waals surface area contributed by atoms with E-state index in [-0.39, 0.29) is 30.4 Å². The summed E-state index contributed by atoms with van der Waals surface area (Å²) in [5, 5.41) is 0. The summed E-state index contributed by atoms with van der Waals surface area (Å²) in [6.07, 6.45) is 4.13. The molecule has 0 atom stereocenters. The number of carbonyl (C=O) groups excluding carboxylic acids is 1. The summed E-state index contributed by atoms with van der Waals surface area (Å²) in [4.78, 5) is 18.2. The van der Waals surface area contributed by atoms with Crippen LogP contribution in [0.5, 0.6) is 11.5 Å². The van der Waals surface area contributed by atoms with Crippen LogP contribution in [0.3, 0.4) is 0 Å². The number of hydrogen-bond acceptors (Lipinski definition) is 4. The lowest BCUT2D eigenvalue weighted by Crippen LogP contribution is -2.27. The summed E-state index contributed by atoms with van der Waals surface area (Å²) in [7, 11) is 1.62. The molecule has 3 aromatic rings. The molecule has 0 fully saturated rings. The zero-order chi connectivity index (χ0) is 19.9. The summed E-state index contributed by atoms with van der Waals surface area (Å²) < 4.78 is 20.0. The number of aromatic nitrogens is 1. The first-order valence-electron chi connectivity index (χ1n) is 8.97. The van der Waals surface area contributed by atoms with Crippen molar-refractivity contribution in [3.8, 4) is 11.5 Å². The Bertz CT molecular complexity index is 941. The van der Waals surface area contributed by atoms with Crippen molar-refractivity contribution in [2.24, 2.45) is 5.73 Å². The van der Waals surface area contributed by atoms with Gasteiger partial charge in [-0.1, -0.05) is 18.2 Å². The van der Waals surface area contributed by atoms with Crippen molar-refractivity contribution in [3.05, 3.63) is 89.5 Å². The van der Waals surface area contributed by atoms with Gasteiger partial charge in [-0.2, -0.15) is 0 Å². The molecule has 1 aromatic heterocycles. The lowest BCUT2D eigenvalue weighted by atomic mass is 10.1. The highest BCUT2D eigenvalue weighted by atomic mass is 35.5. The molecule has 5 nitrogen and oxygen atoms in total. The molecule has 160 valence electrons. The van der Waals surface area contributed by atoms with Gasteiger partial charge in [-0.25, -0.2) is 4.39 Å². The molecule has 1 heterocycles. The summed E-state index contributed by atoms with van der Waals surface area (Å²) >= 11 is 0. The Labute approximate surface area is 187 Å². The Kier molecular flexibility index (Phi) is 10.3. The third-order valence-corrected chi connectivity index (χ3v) is 4.25. The van der Waals surface area contributed by atoms with Crippen LogP contribution < -0.4 is 10.5 Å². The zero-order valence-electron chi connectivity index (χ0n) is 16.5. The van der Waals surface area contributed by atoms with Gasteiger partial charge in [-0.15, -0.1) is 24.8 Å². The zero-order valence-corrected chi connectivity index (χ0v) is 18.1. The molecule has 3 rings (SSSR count). The lowest BCUT2D eigenvalue weighted by Gasteiger charge is -2.18. The predicted octanol–water partition coefficient (Wildman–Crippen LogP) is 4.63. The maximum atomic E-state index is 14.3. The number of pyridine rings is 1. The van der Waals surface area contributed by atoms with Gasteiger partial charge < -0.3 is 15.4 Å². The van der Waals surface area contributed by atoms with Crippen molar-refractivity contribution < 1.29 is 13.9 Å². The fraction of sp³-hybridized carbons (Fsp3) is 0.182. The molecule has 0 aliphatic rings. The molecule has 0 saturated heterocycles. The molecule has 0 aliphatic carbocycles. The van der Waals surface area contributed by atoms with Crippen molar-refractivity contribution in [1.29, 1.82) is 0 Å². The number of halogens is 3. The van der Waals surface area contributed by atoms with Gasteiger partial charge in [-0.3, -0.25) is 9.78 Å². The first kappa shape index (κ1) is 25.4. The first-order chi connectivity index (χ1) is 13.6. The van der Waals surface area contributed by atoms with Gasteiger partial charge in [0.1, 0.15) is 17.3 Å². The van der Waals surface area contributed by atoms with Crippen molar-refractivity contribution in [2.75, 3.05) is 13.6 Å². The van der Waals surface area contributed by atoms with Gasteiger partial charge >= 0.3 is 0 Å². The van der Waals surface area contributed by atoms with Crippen molar-refractivity contribution in [3.63, 3.8) is 0 Å². The second-order valence-electron chi connectivity index (χ2n) is 6.45. The van der Waals surface area contributed by atoms with E-state index in [1.807, 2.05) is 30.3 Å². The van der Waals surface area contributed by atoms with Gasteiger partial charge in [0.25, 0.3) is 5.91 Å². The molecule has 0 unspecified atom stereocenters. The van der Waals surface area contributed by atoms with Crippen molar-refractivity contribution in [1.82, 2.24) is 9.88 Å². The second-order valence-corrected chi connectivity index (χ2v) is 6.45. The normalized spacial score (nSPS) is 9.83. The molecule has 0 bridgehead atoms. The highest BCUT2D eigenvalue weighted by Crippen LogP contribution is 2.25. The van der Waals surface area contributed by atoms with Crippen LogP contribution >= 0.6 is 24.8 Å². The standard InChI is InChI=1S/C22H22FN3O2.2ClH/c1-26(15-17-3-2-12-25-14-17)22(27)20-13-19(8-9-21(20)23)28-18-6-4-16(5-7-18)10-11-24;;/h2-9,12-14H,10-11,15,24H2,1H3;2*1H. The van der Waals surface area contributed by atoms with Crippen LogP contribution in [0.2, 0.25) is 0 Å². The Morgan fingerprint density at radius 1 is 1.07 bits per heavy atom. The van der Waals surface area contributed by atoms with Crippen LogP contribution in [0.15, 0.2) is 67.0 Å². The third-order valence-electron chi connectivity index (χ3n) is 4.25. The average molecular weight is 452 g/mol. The van der Waals surface area contributed by atoms with Crippen LogP contribution in [0.25, 0.3) is 0 Å². The molecule has 8 heteroatoms. The highest BCUT2D eigenvalue weighted by Gasteiger charge is 2.18. The summed E-state index contributed by atoms with van der Waals surface area (Å²) in [5.41, 5.74) is 7.49. The fourth-order valence-electron chi connectivity index (χ4n) is 2.80. The van der Waals surface area contributed by atoms with E-state index in [0.29, 0.717) is 24.6 Å². The smallest absolute Gasteiger partial charge is 0.257 e. The van der Waals surface area contributed by atoms with E-state index >= 15 is 0 Å². The molecule has 0 saturated carbocycles. The third kappa shape index (κ3) is 6.69. The first-order valence-corrected chi connectivity index (χ1v) is 8.97. The number of nitrogens with two attached hydrogens (primary N) is 1. The number of benzene rings is 2. The van der Waals surface area contributed by atoms with Crippen LogP contribution in [-0.4, -0.2) is 29.4 Å². The molecule has 0 radical (unpaired) electrons. The van der Waals surface area contributed by atoms with Gasteiger partial charge in [0.2, 0.25) is 0 Å². The SMILES string of the molecule is CN(Cc1cccnc1)C(=O)c1cc(Oc2ccc(CCN)cc2)ccc1F.Cl.Cl. The summed E-state index contributed by atoms with van der Waals surface area (Å²) in [5.74, 6) is -0.0145. The minimum Gasteiger partial charge on any atom is -0.457 e. The van der Waals surface area contributed by atoms with Gasteiger partial charge in [0.05, 0.1) is 5.56 Å². The van der Waals surface area contributed by atoms with Crippen LogP contribution in [0.1, 0.15) is 21.5 Å². The Hall–Kier alpha value is -2.67. The number of carbonyl (C=O) groups is 1. The predicted molar refractivity (Wildman–Crippen MR) is 120 cm³/mol. The number of hydrogen-bond donors (Lipinski definition) is 1. The fourth-order valence-corrected chi connectivity index (χ4v) is 2.80. The minimum absolute atomic E-state index is 0. The average Bonchev–Trinajstić information content (AvgIpc) is 2.71. The van der Waals surface area contributed by atoms with E-state index in [1.54, 1.807) is 25.5 Å². The quantitative estimate of drug-likeness (QED) is 0.568. The van der Waals surface area contributed by atoms with E-state index < -0.39 is 11.7 Å². The molecule has 1 amide bonds. The second kappa shape index (κ2) is 12.1. The number of amides is 1. The molecular weight excluding hydrogens is 428 g/mol. The van der Waals surface area contributed by atoms with E-state index in [9.17, 15) is 9.18 Å². The topological polar surface area (TPSA) is 68.5 Å². The van der Waals surface area contributed by atoms with E-state index in [4.69, 9.17) is 10.5 Å². The van der Waals surface area contributed by atoms with Gasteiger partial charge in [0, 0.05) is 26.0 Å². The number of ether oxygens (including phenoxy) is 1. The van der Waals surface area contributed by atoms with Gasteiger partial charge in [0.15, 0.2) is 0 Å². The van der Waals surface area contributed by atoms with Crippen molar-refractivity contribution in [2.45, 2.75) is 13.0 Å². The summed E-state index contributed by atoms with van der Waals surface area (Å²) in [6, 6.07) is 15.3.